The highest BCUT2D eigenvalue weighted by molar-refractivity contribution is 5.86. The first kappa shape index (κ1) is 31.9. The SMILES string of the molecule is C[C@@H]1C[C@H]2CCC[C@@H](C1)C2c1ccccc1Oc1ccc(N(c2cccc(-c3ccccc3)c2)c2ccc3c(c2)C(C)(C)c2ccccc2-3)cc1. The van der Waals surface area contributed by atoms with E-state index >= 15 is 0 Å². The monoisotopic (exact) mass is 665 g/mol. The number of para-hydroxylation sites is 1. The van der Waals surface area contributed by atoms with Crippen LogP contribution in [0.3, 0.4) is 0 Å². The zero-order valence-electron chi connectivity index (χ0n) is 30.1. The summed E-state index contributed by atoms with van der Waals surface area (Å²) in [7, 11) is 0. The van der Waals surface area contributed by atoms with Crippen molar-refractivity contribution in [2.75, 3.05) is 4.90 Å². The fourth-order valence-electron chi connectivity index (χ4n) is 9.93. The van der Waals surface area contributed by atoms with Crippen LogP contribution in [-0.4, -0.2) is 0 Å². The van der Waals surface area contributed by atoms with Crippen LogP contribution in [0, 0.1) is 17.8 Å². The molecule has 2 heteroatoms. The lowest BCUT2D eigenvalue weighted by molar-refractivity contribution is 0.110. The minimum atomic E-state index is -0.0839. The molecule has 4 atom stereocenters. The van der Waals surface area contributed by atoms with Gasteiger partial charge in [-0.3, -0.25) is 0 Å². The maximum Gasteiger partial charge on any atom is 0.130 e. The minimum Gasteiger partial charge on any atom is -0.457 e. The maximum absolute atomic E-state index is 6.78. The van der Waals surface area contributed by atoms with Crippen LogP contribution in [-0.2, 0) is 5.41 Å². The van der Waals surface area contributed by atoms with Gasteiger partial charge in [0.1, 0.15) is 11.5 Å². The van der Waals surface area contributed by atoms with E-state index in [1.807, 2.05) is 0 Å². The van der Waals surface area contributed by atoms with Crippen molar-refractivity contribution in [1.29, 1.82) is 0 Å². The van der Waals surface area contributed by atoms with Gasteiger partial charge in [-0.2, -0.15) is 0 Å². The lowest BCUT2D eigenvalue weighted by Crippen LogP contribution is -2.34. The summed E-state index contributed by atoms with van der Waals surface area (Å²) in [6, 6.07) is 53.1. The van der Waals surface area contributed by atoms with E-state index in [0.717, 1.165) is 46.3 Å². The molecule has 0 spiro atoms. The summed E-state index contributed by atoms with van der Waals surface area (Å²) in [5, 5.41) is 0. The molecule has 2 nitrogen and oxygen atoms in total. The number of benzene rings is 6. The summed E-state index contributed by atoms with van der Waals surface area (Å²) >= 11 is 0. The number of fused-ring (bicyclic) bond motifs is 5. The van der Waals surface area contributed by atoms with Crippen LogP contribution < -0.4 is 9.64 Å². The molecule has 2 fully saturated rings. The molecule has 0 radical (unpaired) electrons. The molecule has 0 amide bonds. The summed E-state index contributed by atoms with van der Waals surface area (Å²) < 4.78 is 6.78. The van der Waals surface area contributed by atoms with Gasteiger partial charge in [0.25, 0.3) is 0 Å². The molecule has 254 valence electrons. The zero-order valence-corrected chi connectivity index (χ0v) is 30.1. The molecule has 6 aromatic carbocycles. The summed E-state index contributed by atoms with van der Waals surface area (Å²) in [6.45, 7) is 7.16. The number of anilines is 3. The zero-order chi connectivity index (χ0) is 34.5. The van der Waals surface area contributed by atoms with E-state index in [-0.39, 0.29) is 5.41 Å². The average molecular weight is 666 g/mol. The van der Waals surface area contributed by atoms with Crippen molar-refractivity contribution in [3.05, 3.63) is 162 Å². The van der Waals surface area contributed by atoms with Gasteiger partial charge in [-0.15, -0.1) is 0 Å². The van der Waals surface area contributed by atoms with Crippen molar-refractivity contribution in [3.8, 4) is 33.8 Å². The van der Waals surface area contributed by atoms with E-state index < -0.39 is 0 Å². The fraction of sp³-hybridized carbons (Fsp3) is 0.265. The Labute approximate surface area is 303 Å². The molecule has 2 bridgehead atoms. The molecule has 0 saturated heterocycles. The van der Waals surface area contributed by atoms with Gasteiger partial charge in [-0.05, 0) is 143 Å². The van der Waals surface area contributed by atoms with E-state index in [1.165, 1.54) is 71.0 Å². The first-order valence-electron chi connectivity index (χ1n) is 19.0. The molecule has 0 aromatic heterocycles. The quantitative estimate of drug-likeness (QED) is 0.168. The molecule has 3 aliphatic carbocycles. The number of rotatable bonds is 7. The van der Waals surface area contributed by atoms with E-state index in [2.05, 4.69) is 171 Å². The fourth-order valence-corrected chi connectivity index (χ4v) is 9.93. The summed E-state index contributed by atoms with van der Waals surface area (Å²) in [5.74, 6) is 4.88. The van der Waals surface area contributed by atoms with Gasteiger partial charge in [0.05, 0.1) is 0 Å². The molecule has 3 aliphatic rings. The Morgan fingerprint density at radius 2 is 1.22 bits per heavy atom. The summed E-state index contributed by atoms with van der Waals surface area (Å²) in [5.41, 5.74) is 12.5. The molecule has 1 unspecified atom stereocenters. The number of ether oxygens (including phenoxy) is 1. The van der Waals surface area contributed by atoms with E-state index in [1.54, 1.807) is 0 Å². The predicted molar refractivity (Wildman–Crippen MR) is 213 cm³/mol. The molecule has 2 saturated carbocycles. The second-order valence-electron chi connectivity index (χ2n) is 15.8. The summed E-state index contributed by atoms with van der Waals surface area (Å²) in [4.78, 5) is 2.40. The third kappa shape index (κ3) is 5.75. The Morgan fingerprint density at radius 1 is 0.569 bits per heavy atom. The van der Waals surface area contributed by atoms with E-state index in [4.69, 9.17) is 4.74 Å². The minimum absolute atomic E-state index is 0.0839. The Morgan fingerprint density at radius 3 is 2.02 bits per heavy atom. The molecular weight excluding hydrogens is 619 g/mol. The Balaban J connectivity index is 1.09. The van der Waals surface area contributed by atoms with Crippen LogP contribution >= 0.6 is 0 Å². The first-order valence-corrected chi connectivity index (χ1v) is 19.0. The van der Waals surface area contributed by atoms with Crippen LogP contribution in [0.1, 0.15) is 75.5 Å². The van der Waals surface area contributed by atoms with Crippen LogP contribution in [0.15, 0.2) is 146 Å². The van der Waals surface area contributed by atoms with Gasteiger partial charge >= 0.3 is 0 Å². The van der Waals surface area contributed by atoms with E-state index in [9.17, 15) is 0 Å². The van der Waals surface area contributed by atoms with Crippen molar-refractivity contribution >= 4 is 17.1 Å². The van der Waals surface area contributed by atoms with Crippen LogP contribution in [0.5, 0.6) is 11.5 Å². The first-order chi connectivity index (χ1) is 24.9. The number of hydrogen-bond donors (Lipinski definition) is 0. The predicted octanol–water partition coefficient (Wildman–Crippen LogP) is 13.9. The molecule has 51 heavy (non-hydrogen) atoms. The van der Waals surface area contributed by atoms with Crippen LogP contribution in [0.2, 0.25) is 0 Å². The topological polar surface area (TPSA) is 12.5 Å². The third-order valence-electron chi connectivity index (χ3n) is 12.2. The maximum atomic E-state index is 6.78. The second kappa shape index (κ2) is 12.9. The molecule has 6 aromatic rings. The van der Waals surface area contributed by atoms with Crippen molar-refractivity contribution in [1.82, 2.24) is 0 Å². The lowest BCUT2D eigenvalue weighted by Gasteiger charge is -2.45. The summed E-state index contributed by atoms with van der Waals surface area (Å²) in [6.07, 6.45) is 6.76. The van der Waals surface area contributed by atoms with Crippen molar-refractivity contribution in [2.24, 2.45) is 17.8 Å². The average Bonchev–Trinajstić information content (AvgIpc) is 3.38. The lowest BCUT2D eigenvalue weighted by atomic mass is 9.59. The molecular formula is C49H47NO. The molecule has 0 N–H and O–H groups in total. The van der Waals surface area contributed by atoms with Crippen LogP contribution in [0.25, 0.3) is 22.3 Å². The standard InChI is InChI=1S/C49H47NO/c1-33-29-36-16-11-17-37(30-33)48(36)44-20-8-10-22-47(44)51-41-26-23-38(24-27-41)50(39-18-12-15-35(31-39)34-13-5-4-6-14-34)40-25-28-43-42-19-7-9-21-45(42)49(2,3)46(43)32-40/h4-10,12-15,18-28,31-33,36-37,48H,11,16-17,29-30H2,1-3H3/t33-,36-,37+,48?. The van der Waals surface area contributed by atoms with Gasteiger partial charge in [-0.25, -0.2) is 0 Å². The molecule has 0 heterocycles. The highest BCUT2D eigenvalue weighted by atomic mass is 16.5. The molecule has 0 aliphatic heterocycles. The Kier molecular flexibility index (Phi) is 8.07. The second-order valence-corrected chi connectivity index (χ2v) is 15.8. The number of hydrogen-bond acceptors (Lipinski definition) is 2. The smallest absolute Gasteiger partial charge is 0.130 e. The van der Waals surface area contributed by atoms with Gasteiger partial charge in [0, 0.05) is 22.5 Å². The number of nitrogens with zero attached hydrogens (tertiary/aromatic N) is 1. The van der Waals surface area contributed by atoms with Crippen molar-refractivity contribution in [2.45, 2.75) is 64.2 Å². The Hall–Kier alpha value is -5.08. The highest BCUT2D eigenvalue weighted by Gasteiger charge is 2.41. The van der Waals surface area contributed by atoms with Gasteiger partial charge in [0.2, 0.25) is 0 Å². The molecule has 9 rings (SSSR count). The van der Waals surface area contributed by atoms with E-state index in [0.29, 0.717) is 5.92 Å². The van der Waals surface area contributed by atoms with Gasteiger partial charge in [-0.1, -0.05) is 118 Å². The van der Waals surface area contributed by atoms with Crippen molar-refractivity contribution in [3.63, 3.8) is 0 Å². The van der Waals surface area contributed by atoms with Gasteiger partial charge < -0.3 is 9.64 Å². The normalized spacial score (nSPS) is 21.4. The third-order valence-corrected chi connectivity index (χ3v) is 12.2. The van der Waals surface area contributed by atoms with Crippen molar-refractivity contribution < 1.29 is 4.74 Å². The highest BCUT2D eigenvalue weighted by Crippen LogP contribution is 2.54. The van der Waals surface area contributed by atoms with Crippen LogP contribution in [0.4, 0.5) is 17.1 Å². The Bertz CT molecular complexity index is 2170. The van der Waals surface area contributed by atoms with Gasteiger partial charge in [0.15, 0.2) is 0 Å². The largest absolute Gasteiger partial charge is 0.457 e.